The first-order chi connectivity index (χ1) is 9.65. The molecule has 0 amide bonds. The minimum Gasteiger partial charge on any atom is -0.327 e. The molecule has 1 aliphatic rings. The Morgan fingerprint density at radius 1 is 1.40 bits per heavy atom. The zero-order valence-electron chi connectivity index (χ0n) is 11.8. The number of hydrogen-bond acceptors (Lipinski definition) is 1. The van der Waals surface area contributed by atoms with Crippen LogP contribution in [0.3, 0.4) is 0 Å². The zero-order chi connectivity index (χ0) is 14.1. The van der Waals surface area contributed by atoms with Gasteiger partial charge in [-0.3, -0.25) is 0 Å². The van der Waals surface area contributed by atoms with E-state index in [1.807, 2.05) is 6.92 Å². The monoisotopic (exact) mass is 402 g/mol. The van der Waals surface area contributed by atoms with Crippen LogP contribution in [-0.4, -0.2) is 9.55 Å². The quantitative estimate of drug-likeness (QED) is 0.486. The molecule has 2 nitrogen and oxygen atoms in total. The Bertz CT molecular complexity index is 600. The van der Waals surface area contributed by atoms with E-state index in [4.69, 9.17) is 16.6 Å². The van der Waals surface area contributed by atoms with Crippen molar-refractivity contribution in [3.8, 4) is 0 Å². The second-order valence-electron chi connectivity index (χ2n) is 5.81. The summed E-state index contributed by atoms with van der Waals surface area (Å²) in [5, 5.41) is -0.0383. The van der Waals surface area contributed by atoms with Crippen molar-refractivity contribution in [2.24, 2.45) is 5.92 Å². The maximum atomic E-state index is 6.33. The third-order valence-corrected chi connectivity index (χ3v) is 5.20. The molecule has 0 saturated heterocycles. The molecule has 4 heteroatoms. The summed E-state index contributed by atoms with van der Waals surface area (Å²) < 4.78 is 3.56. The number of aryl methyl sites for hydroxylation is 1. The van der Waals surface area contributed by atoms with Crippen LogP contribution < -0.4 is 0 Å². The smallest absolute Gasteiger partial charge is 0.127 e. The standard InChI is InChI=1S/C16H20ClIN2/c1-11(17)16-19-14-10-13(18)6-7-15(14)20(16)9-8-12-4-2-3-5-12/h6-7,10-12H,2-5,8-9H2,1H3. The molecule has 0 bridgehead atoms. The molecule has 3 rings (SSSR count). The van der Waals surface area contributed by atoms with Gasteiger partial charge in [0, 0.05) is 10.1 Å². The van der Waals surface area contributed by atoms with Crippen molar-refractivity contribution in [3.05, 3.63) is 27.6 Å². The molecule has 1 heterocycles. The molecular weight excluding hydrogens is 383 g/mol. The topological polar surface area (TPSA) is 17.8 Å². The van der Waals surface area contributed by atoms with Gasteiger partial charge in [-0.2, -0.15) is 0 Å². The Labute approximate surface area is 139 Å². The van der Waals surface area contributed by atoms with Crippen LogP contribution in [0.4, 0.5) is 0 Å². The van der Waals surface area contributed by atoms with Crippen molar-refractivity contribution >= 4 is 45.2 Å². The van der Waals surface area contributed by atoms with E-state index in [0.717, 1.165) is 23.8 Å². The van der Waals surface area contributed by atoms with Gasteiger partial charge in [-0.05, 0) is 60.1 Å². The van der Waals surface area contributed by atoms with Gasteiger partial charge >= 0.3 is 0 Å². The van der Waals surface area contributed by atoms with Gasteiger partial charge in [0.25, 0.3) is 0 Å². The lowest BCUT2D eigenvalue weighted by atomic mass is 10.0. The third kappa shape index (κ3) is 2.98. The number of hydrogen-bond donors (Lipinski definition) is 0. The summed E-state index contributed by atoms with van der Waals surface area (Å²) in [6, 6.07) is 6.48. The van der Waals surface area contributed by atoms with Crippen molar-refractivity contribution in [2.75, 3.05) is 0 Å². The van der Waals surface area contributed by atoms with Gasteiger partial charge in [0.05, 0.1) is 16.4 Å². The van der Waals surface area contributed by atoms with Crippen molar-refractivity contribution in [2.45, 2.75) is 50.9 Å². The second kappa shape index (κ2) is 6.22. The molecule has 20 heavy (non-hydrogen) atoms. The molecule has 1 aromatic heterocycles. The lowest BCUT2D eigenvalue weighted by Crippen LogP contribution is -2.08. The Balaban J connectivity index is 1.91. The molecule has 108 valence electrons. The molecule has 0 spiro atoms. The fourth-order valence-electron chi connectivity index (χ4n) is 3.27. The molecule has 1 atom stereocenters. The number of rotatable bonds is 4. The predicted octanol–water partition coefficient (Wildman–Crippen LogP) is 5.52. The predicted molar refractivity (Wildman–Crippen MR) is 93.3 cm³/mol. The summed E-state index contributed by atoms with van der Waals surface area (Å²) in [7, 11) is 0. The highest BCUT2D eigenvalue weighted by atomic mass is 127. The molecule has 2 aromatic rings. The number of aromatic nitrogens is 2. The SMILES string of the molecule is CC(Cl)c1nc2cc(I)ccc2n1CCC1CCCC1. The summed E-state index contributed by atoms with van der Waals surface area (Å²) in [6.07, 6.45) is 6.87. The van der Waals surface area contributed by atoms with E-state index in [9.17, 15) is 0 Å². The summed E-state index contributed by atoms with van der Waals surface area (Å²) in [4.78, 5) is 4.74. The largest absolute Gasteiger partial charge is 0.327 e. The van der Waals surface area contributed by atoms with Crippen LogP contribution in [-0.2, 0) is 6.54 Å². The van der Waals surface area contributed by atoms with Crippen LogP contribution in [0.15, 0.2) is 18.2 Å². The first-order valence-corrected chi connectivity index (χ1v) is 8.96. The van der Waals surface area contributed by atoms with Gasteiger partial charge in [0.2, 0.25) is 0 Å². The fourth-order valence-corrected chi connectivity index (χ4v) is 3.91. The fraction of sp³-hybridized carbons (Fsp3) is 0.562. The van der Waals surface area contributed by atoms with Crippen molar-refractivity contribution in [3.63, 3.8) is 0 Å². The van der Waals surface area contributed by atoms with Gasteiger partial charge < -0.3 is 4.57 Å². The van der Waals surface area contributed by atoms with Gasteiger partial charge in [-0.1, -0.05) is 25.7 Å². The Hall–Kier alpha value is -0.290. The summed E-state index contributed by atoms with van der Waals surface area (Å²) in [5.74, 6) is 1.91. The van der Waals surface area contributed by atoms with Gasteiger partial charge in [0.15, 0.2) is 0 Å². The minimum absolute atomic E-state index is 0.0383. The highest BCUT2D eigenvalue weighted by Crippen LogP contribution is 2.30. The van der Waals surface area contributed by atoms with E-state index in [-0.39, 0.29) is 5.38 Å². The molecule has 1 aromatic carbocycles. The first kappa shape index (κ1) is 14.6. The van der Waals surface area contributed by atoms with Crippen LogP contribution in [0.1, 0.15) is 50.2 Å². The summed E-state index contributed by atoms with van der Waals surface area (Å²) in [5.41, 5.74) is 2.30. The molecule has 1 fully saturated rings. The average molecular weight is 403 g/mol. The molecular formula is C16H20ClIN2. The molecule has 0 radical (unpaired) electrons. The molecule has 1 aliphatic carbocycles. The van der Waals surface area contributed by atoms with Crippen LogP contribution in [0.2, 0.25) is 0 Å². The lowest BCUT2D eigenvalue weighted by molar-refractivity contribution is 0.456. The van der Waals surface area contributed by atoms with Gasteiger partial charge in [-0.25, -0.2) is 4.98 Å². The maximum Gasteiger partial charge on any atom is 0.127 e. The number of imidazole rings is 1. The van der Waals surface area contributed by atoms with Crippen LogP contribution in [0.5, 0.6) is 0 Å². The van der Waals surface area contributed by atoms with Crippen LogP contribution >= 0.6 is 34.2 Å². The average Bonchev–Trinajstić information content (AvgIpc) is 3.02. The lowest BCUT2D eigenvalue weighted by Gasteiger charge is -2.13. The van der Waals surface area contributed by atoms with E-state index in [2.05, 4.69) is 45.4 Å². The maximum absolute atomic E-state index is 6.33. The van der Waals surface area contributed by atoms with Crippen molar-refractivity contribution in [1.29, 1.82) is 0 Å². The molecule has 0 N–H and O–H groups in total. The number of benzene rings is 1. The van der Waals surface area contributed by atoms with E-state index in [0.29, 0.717) is 0 Å². The van der Waals surface area contributed by atoms with Crippen molar-refractivity contribution in [1.82, 2.24) is 9.55 Å². The number of halogens is 2. The minimum atomic E-state index is -0.0383. The third-order valence-electron chi connectivity index (χ3n) is 4.33. The summed E-state index contributed by atoms with van der Waals surface area (Å²) >= 11 is 8.67. The van der Waals surface area contributed by atoms with Gasteiger partial charge in [-0.15, -0.1) is 11.6 Å². The first-order valence-electron chi connectivity index (χ1n) is 7.45. The number of alkyl halides is 1. The van der Waals surface area contributed by atoms with E-state index in [1.165, 1.54) is 41.2 Å². The normalized spacial score (nSPS) is 17.9. The number of fused-ring (bicyclic) bond motifs is 1. The second-order valence-corrected chi connectivity index (χ2v) is 7.71. The molecule has 0 aliphatic heterocycles. The van der Waals surface area contributed by atoms with Gasteiger partial charge in [0.1, 0.15) is 5.82 Å². The molecule has 1 saturated carbocycles. The van der Waals surface area contributed by atoms with Crippen molar-refractivity contribution < 1.29 is 0 Å². The zero-order valence-corrected chi connectivity index (χ0v) is 14.7. The highest BCUT2D eigenvalue weighted by Gasteiger charge is 2.18. The summed E-state index contributed by atoms with van der Waals surface area (Å²) in [6.45, 7) is 3.06. The van der Waals surface area contributed by atoms with E-state index in [1.54, 1.807) is 0 Å². The molecule has 1 unspecified atom stereocenters. The van der Waals surface area contributed by atoms with Crippen LogP contribution in [0.25, 0.3) is 11.0 Å². The van der Waals surface area contributed by atoms with E-state index < -0.39 is 0 Å². The highest BCUT2D eigenvalue weighted by molar-refractivity contribution is 14.1. The van der Waals surface area contributed by atoms with E-state index >= 15 is 0 Å². The Kier molecular flexibility index (Phi) is 4.55. The number of nitrogens with zero attached hydrogens (tertiary/aromatic N) is 2. The Morgan fingerprint density at radius 3 is 2.85 bits per heavy atom. The Morgan fingerprint density at radius 2 is 2.15 bits per heavy atom. The van der Waals surface area contributed by atoms with Crippen LogP contribution in [0, 0.1) is 9.49 Å².